The first-order valence-electron chi connectivity index (χ1n) is 5.08. The molecule has 0 bridgehead atoms. The van der Waals surface area contributed by atoms with E-state index in [2.05, 4.69) is 9.97 Å². The van der Waals surface area contributed by atoms with E-state index in [9.17, 15) is 4.79 Å². The maximum Gasteiger partial charge on any atom is 0.356 e. The zero-order valence-corrected chi connectivity index (χ0v) is 8.96. The number of hydrogen-bond donors (Lipinski definition) is 1. The van der Waals surface area contributed by atoms with Gasteiger partial charge >= 0.3 is 5.97 Å². The molecular formula is C10H13N3O3. The molecule has 1 N–H and O–H groups in total. The number of rotatable bonds is 2. The van der Waals surface area contributed by atoms with Gasteiger partial charge in [0.25, 0.3) is 0 Å². The van der Waals surface area contributed by atoms with E-state index in [1.54, 1.807) is 0 Å². The highest BCUT2D eigenvalue weighted by Crippen LogP contribution is 2.13. The number of carboxylic acids is 1. The number of carbonyl (C=O) groups is 1. The Bertz CT molecular complexity index is 379. The highest BCUT2D eigenvalue weighted by Gasteiger charge is 2.18. The molecule has 0 spiro atoms. The van der Waals surface area contributed by atoms with E-state index in [-0.39, 0.29) is 11.8 Å². The topological polar surface area (TPSA) is 75.6 Å². The quantitative estimate of drug-likeness (QED) is 0.782. The molecule has 1 atom stereocenters. The van der Waals surface area contributed by atoms with Gasteiger partial charge in [-0.3, -0.25) is 0 Å². The first-order chi connectivity index (χ1) is 7.66. The van der Waals surface area contributed by atoms with E-state index in [1.807, 2.05) is 11.8 Å². The fourth-order valence-electron chi connectivity index (χ4n) is 1.62. The number of morpholine rings is 1. The average Bonchev–Trinajstić information content (AvgIpc) is 2.29. The van der Waals surface area contributed by atoms with Crippen LogP contribution in [0.5, 0.6) is 0 Å². The predicted octanol–water partition coefficient (Wildman–Crippen LogP) is 0.400. The molecule has 1 aromatic rings. The monoisotopic (exact) mass is 223 g/mol. The maximum absolute atomic E-state index is 10.6. The third-order valence-corrected chi connectivity index (χ3v) is 2.42. The van der Waals surface area contributed by atoms with Crippen molar-refractivity contribution < 1.29 is 14.6 Å². The molecule has 16 heavy (non-hydrogen) atoms. The zero-order valence-electron chi connectivity index (χ0n) is 8.96. The summed E-state index contributed by atoms with van der Waals surface area (Å²) < 4.78 is 5.41. The Morgan fingerprint density at radius 1 is 1.56 bits per heavy atom. The van der Waals surface area contributed by atoms with E-state index in [1.165, 1.54) is 12.4 Å². The number of hydrogen-bond acceptors (Lipinski definition) is 5. The van der Waals surface area contributed by atoms with Gasteiger partial charge in [0.05, 0.1) is 25.1 Å². The molecule has 0 aromatic carbocycles. The number of aromatic carboxylic acids is 1. The van der Waals surface area contributed by atoms with E-state index in [4.69, 9.17) is 9.84 Å². The Hall–Kier alpha value is -1.69. The first kappa shape index (κ1) is 10.8. The Labute approximate surface area is 92.9 Å². The van der Waals surface area contributed by atoms with Crippen LogP contribution in [-0.4, -0.2) is 46.8 Å². The van der Waals surface area contributed by atoms with Crippen LogP contribution in [0.15, 0.2) is 12.4 Å². The minimum absolute atomic E-state index is 0.0370. The summed E-state index contributed by atoms with van der Waals surface area (Å²) in [5.41, 5.74) is -0.0370. The largest absolute Gasteiger partial charge is 0.476 e. The number of aromatic nitrogens is 2. The van der Waals surface area contributed by atoms with Crippen LogP contribution in [0.2, 0.25) is 0 Å². The lowest BCUT2D eigenvalue weighted by Crippen LogP contribution is -2.41. The highest BCUT2D eigenvalue weighted by molar-refractivity contribution is 5.84. The summed E-state index contributed by atoms with van der Waals surface area (Å²) in [5.74, 6) is -0.366. The van der Waals surface area contributed by atoms with Crippen molar-refractivity contribution >= 4 is 11.8 Å². The van der Waals surface area contributed by atoms with Crippen molar-refractivity contribution in [2.75, 3.05) is 24.6 Å². The van der Waals surface area contributed by atoms with E-state index in [0.717, 1.165) is 13.1 Å². The van der Waals surface area contributed by atoms with Gasteiger partial charge in [-0.1, -0.05) is 0 Å². The molecule has 6 heteroatoms. The number of anilines is 1. The number of carboxylic acid groups (broad SMARTS) is 1. The Balaban J connectivity index is 2.11. The van der Waals surface area contributed by atoms with Crippen LogP contribution in [0.3, 0.4) is 0 Å². The Kier molecular flexibility index (Phi) is 3.00. The molecule has 1 aliphatic heterocycles. The van der Waals surface area contributed by atoms with Gasteiger partial charge in [-0.2, -0.15) is 0 Å². The standard InChI is InChI=1S/C10H13N3O3/c1-7-6-13(2-3-16-7)9-5-11-8(4-12-9)10(14)15/h4-5,7H,2-3,6H2,1H3,(H,14,15). The molecule has 0 aliphatic carbocycles. The molecule has 86 valence electrons. The van der Waals surface area contributed by atoms with E-state index < -0.39 is 5.97 Å². The summed E-state index contributed by atoms with van der Waals surface area (Å²) >= 11 is 0. The van der Waals surface area contributed by atoms with Gasteiger partial charge in [-0.05, 0) is 6.92 Å². The molecule has 0 radical (unpaired) electrons. The fraction of sp³-hybridized carbons (Fsp3) is 0.500. The summed E-state index contributed by atoms with van der Waals surface area (Å²) in [5, 5.41) is 8.69. The number of nitrogens with zero attached hydrogens (tertiary/aromatic N) is 3. The van der Waals surface area contributed by atoms with Crippen LogP contribution in [0, 0.1) is 0 Å². The van der Waals surface area contributed by atoms with Gasteiger partial charge in [0, 0.05) is 13.1 Å². The summed E-state index contributed by atoms with van der Waals surface area (Å²) in [6, 6.07) is 0. The lowest BCUT2D eigenvalue weighted by Gasteiger charge is -2.31. The average molecular weight is 223 g/mol. The van der Waals surface area contributed by atoms with Crippen LogP contribution in [0.25, 0.3) is 0 Å². The number of ether oxygens (including phenoxy) is 1. The van der Waals surface area contributed by atoms with Crippen LogP contribution >= 0.6 is 0 Å². The Morgan fingerprint density at radius 3 is 2.94 bits per heavy atom. The summed E-state index contributed by atoms with van der Waals surface area (Å²) in [6.07, 6.45) is 2.92. The van der Waals surface area contributed by atoms with Gasteiger partial charge in [-0.25, -0.2) is 14.8 Å². The minimum atomic E-state index is -1.06. The SMILES string of the molecule is CC1CN(c2cnc(C(=O)O)cn2)CCO1. The van der Waals surface area contributed by atoms with Gasteiger partial charge in [0.15, 0.2) is 5.69 Å². The summed E-state index contributed by atoms with van der Waals surface area (Å²) in [6.45, 7) is 4.15. The second kappa shape index (κ2) is 4.44. The lowest BCUT2D eigenvalue weighted by atomic mass is 10.3. The van der Waals surface area contributed by atoms with Crippen molar-refractivity contribution in [2.45, 2.75) is 13.0 Å². The molecule has 1 fully saturated rings. The van der Waals surface area contributed by atoms with E-state index >= 15 is 0 Å². The molecule has 2 heterocycles. The third kappa shape index (κ3) is 2.27. The molecule has 1 unspecified atom stereocenters. The van der Waals surface area contributed by atoms with E-state index in [0.29, 0.717) is 12.4 Å². The lowest BCUT2D eigenvalue weighted by molar-refractivity contribution is 0.0528. The summed E-state index contributed by atoms with van der Waals surface area (Å²) in [7, 11) is 0. The maximum atomic E-state index is 10.6. The minimum Gasteiger partial charge on any atom is -0.476 e. The molecular weight excluding hydrogens is 210 g/mol. The van der Waals surface area contributed by atoms with Crippen molar-refractivity contribution in [3.8, 4) is 0 Å². The second-order valence-corrected chi connectivity index (χ2v) is 3.69. The Morgan fingerprint density at radius 2 is 2.38 bits per heavy atom. The van der Waals surface area contributed by atoms with Gasteiger partial charge in [0.2, 0.25) is 0 Å². The molecule has 0 saturated carbocycles. The molecule has 6 nitrogen and oxygen atoms in total. The molecule has 0 amide bonds. The third-order valence-electron chi connectivity index (χ3n) is 2.42. The predicted molar refractivity (Wildman–Crippen MR) is 56.6 cm³/mol. The normalized spacial score (nSPS) is 20.8. The van der Waals surface area contributed by atoms with Gasteiger partial charge < -0.3 is 14.7 Å². The molecule has 1 saturated heterocycles. The van der Waals surface area contributed by atoms with Crippen molar-refractivity contribution in [3.05, 3.63) is 18.1 Å². The zero-order chi connectivity index (χ0) is 11.5. The molecule has 1 aromatic heterocycles. The van der Waals surface area contributed by atoms with Gasteiger partial charge in [-0.15, -0.1) is 0 Å². The second-order valence-electron chi connectivity index (χ2n) is 3.69. The molecule has 1 aliphatic rings. The van der Waals surface area contributed by atoms with Crippen LogP contribution in [0.1, 0.15) is 17.4 Å². The fourth-order valence-corrected chi connectivity index (χ4v) is 1.62. The van der Waals surface area contributed by atoms with Crippen LogP contribution < -0.4 is 4.90 Å². The van der Waals surface area contributed by atoms with Gasteiger partial charge in [0.1, 0.15) is 5.82 Å². The highest BCUT2D eigenvalue weighted by atomic mass is 16.5. The van der Waals surface area contributed by atoms with Crippen molar-refractivity contribution in [3.63, 3.8) is 0 Å². The van der Waals surface area contributed by atoms with Crippen LogP contribution in [-0.2, 0) is 4.74 Å². The van der Waals surface area contributed by atoms with Crippen molar-refractivity contribution in [2.24, 2.45) is 0 Å². The first-order valence-corrected chi connectivity index (χ1v) is 5.08. The van der Waals surface area contributed by atoms with Crippen molar-refractivity contribution in [1.82, 2.24) is 9.97 Å². The molecule has 2 rings (SSSR count). The smallest absolute Gasteiger partial charge is 0.356 e. The summed E-state index contributed by atoms with van der Waals surface area (Å²) in [4.78, 5) is 20.6. The van der Waals surface area contributed by atoms with Crippen LogP contribution in [0.4, 0.5) is 5.82 Å². The van der Waals surface area contributed by atoms with Crippen molar-refractivity contribution in [1.29, 1.82) is 0 Å².